The smallest absolute Gasteiger partial charge is 0.251 e. The Morgan fingerprint density at radius 1 is 0.438 bits per heavy atom. The molecule has 0 atom stereocenters. The van der Waals surface area contributed by atoms with Crippen molar-refractivity contribution in [1.29, 1.82) is 0 Å². The van der Waals surface area contributed by atoms with Gasteiger partial charge < -0.3 is 32.7 Å². The molecular formula is C52H54N8O4. The Morgan fingerprint density at radius 2 is 0.828 bits per heavy atom. The minimum Gasteiger partial charge on any atom is -0.350 e. The van der Waals surface area contributed by atoms with Gasteiger partial charge in [0.15, 0.2) is 0 Å². The minimum absolute atomic E-state index is 0.212. The molecule has 5 aromatic carbocycles. The van der Waals surface area contributed by atoms with Crippen LogP contribution in [0.2, 0.25) is 0 Å². The molecule has 0 bridgehead atoms. The molecule has 0 radical (unpaired) electrons. The van der Waals surface area contributed by atoms with Gasteiger partial charge in [0.25, 0.3) is 11.8 Å². The van der Waals surface area contributed by atoms with Crippen molar-refractivity contribution in [3.8, 4) is 22.3 Å². The lowest BCUT2D eigenvalue weighted by molar-refractivity contribution is -0.121. The fourth-order valence-electron chi connectivity index (χ4n) is 7.58. The number of aromatic nitrogens is 2. The maximum absolute atomic E-state index is 12.8. The van der Waals surface area contributed by atoms with Crippen LogP contribution >= 0.6 is 0 Å². The number of amides is 4. The summed E-state index contributed by atoms with van der Waals surface area (Å²) in [5, 5.41) is 13.2. The van der Waals surface area contributed by atoms with E-state index in [0.29, 0.717) is 26.2 Å². The number of nitrogens with one attached hydrogen (secondary N) is 4. The number of rotatable bonds is 20. The van der Waals surface area contributed by atoms with Crippen LogP contribution in [-0.4, -0.2) is 59.8 Å². The zero-order chi connectivity index (χ0) is 44.7. The second kappa shape index (κ2) is 22.2. The van der Waals surface area contributed by atoms with Gasteiger partial charge in [-0.1, -0.05) is 72.8 Å². The summed E-state index contributed by atoms with van der Waals surface area (Å²) in [6.07, 6.45) is 9.75. The van der Waals surface area contributed by atoms with Crippen molar-refractivity contribution in [2.24, 2.45) is 11.5 Å². The van der Waals surface area contributed by atoms with E-state index >= 15 is 0 Å². The minimum atomic E-state index is -0.455. The molecule has 0 saturated carbocycles. The molecule has 0 aliphatic heterocycles. The molecule has 0 spiro atoms. The number of pyridine rings is 2. The van der Waals surface area contributed by atoms with Crippen LogP contribution in [0.5, 0.6) is 0 Å². The fourth-order valence-corrected chi connectivity index (χ4v) is 7.58. The summed E-state index contributed by atoms with van der Waals surface area (Å²) in [5.41, 5.74) is 22.4. The van der Waals surface area contributed by atoms with Crippen LogP contribution < -0.4 is 32.7 Å². The third-order valence-electron chi connectivity index (χ3n) is 11.2. The van der Waals surface area contributed by atoms with Gasteiger partial charge in [-0.3, -0.25) is 29.1 Å². The van der Waals surface area contributed by atoms with Gasteiger partial charge in [0.05, 0.1) is 24.1 Å². The van der Waals surface area contributed by atoms with E-state index in [0.717, 1.165) is 93.7 Å². The topological polar surface area (TPSA) is 194 Å². The Labute approximate surface area is 373 Å². The third-order valence-corrected chi connectivity index (χ3v) is 11.2. The highest BCUT2D eigenvalue weighted by Gasteiger charge is 2.13. The third kappa shape index (κ3) is 12.0. The molecule has 4 amide bonds. The summed E-state index contributed by atoms with van der Waals surface area (Å²) in [7, 11) is 0. The molecular weight excluding hydrogens is 801 g/mol. The zero-order valence-corrected chi connectivity index (χ0v) is 35.9. The molecule has 0 fully saturated rings. The van der Waals surface area contributed by atoms with Gasteiger partial charge in [-0.2, -0.15) is 0 Å². The number of hydrogen-bond acceptors (Lipinski definition) is 8. The number of carbonyl (C=O) groups excluding carboxylic acids is 4. The summed E-state index contributed by atoms with van der Waals surface area (Å²) in [4.78, 5) is 59.9. The van der Waals surface area contributed by atoms with Crippen molar-refractivity contribution in [3.63, 3.8) is 0 Å². The van der Waals surface area contributed by atoms with Crippen LogP contribution in [0.4, 0.5) is 0 Å². The highest BCUT2D eigenvalue weighted by atomic mass is 16.2. The normalized spacial score (nSPS) is 11.0. The Morgan fingerprint density at radius 3 is 1.22 bits per heavy atom. The van der Waals surface area contributed by atoms with Crippen LogP contribution in [0, 0.1) is 0 Å². The van der Waals surface area contributed by atoms with Crippen LogP contribution in [0.3, 0.4) is 0 Å². The molecule has 7 rings (SSSR count). The van der Waals surface area contributed by atoms with E-state index in [4.69, 9.17) is 11.5 Å². The second-order valence-electron chi connectivity index (χ2n) is 15.8. The number of nitrogens with two attached hydrogens (primary N) is 2. The SMILES string of the molecule is NCCCCc1ccnc2cc(-c3ccc(CNC(=O)CNC(=O)c4ccc(C(=O)NCC(=O)NCc5ccc(-c6ccc7c(CCCCN)ccnc7c6)cc5)cc4)cc3)ccc12. The summed E-state index contributed by atoms with van der Waals surface area (Å²) >= 11 is 0. The number of hydrogen-bond donors (Lipinski definition) is 6. The molecule has 0 aliphatic rings. The number of unbranched alkanes of at least 4 members (excludes halogenated alkanes) is 2. The highest BCUT2D eigenvalue weighted by Crippen LogP contribution is 2.28. The van der Waals surface area contributed by atoms with Crippen molar-refractivity contribution < 1.29 is 19.2 Å². The predicted octanol–water partition coefficient (Wildman–Crippen LogP) is 6.77. The van der Waals surface area contributed by atoms with Crippen molar-refractivity contribution in [1.82, 2.24) is 31.2 Å². The molecule has 0 saturated heterocycles. The maximum atomic E-state index is 12.8. The fraction of sp³-hybridized carbons (Fsp3) is 0.231. The second-order valence-corrected chi connectivity index (χ2v) is 15.8. The van der Waals surface area contributed by atoms with Crippen molar-refractivity contribution >= 4 is 45.4 Å². The van der Waals surface area contributed by atoms with E-state index in [9.17, 15) is 19.2 Å². The lowest BCUT2D eigenvalue weighted by Crippen LogP contribution is -2.37. The average molecular weight is 855 g/mol. The van der Waals surface area contributed by atoms with E-state index in [-0.39, 0.29) is 36.0 Å². The highest BCUT2D eigenvalue weighted by molar-refractivity contribution is 6.00. The van der Waals surface area contributed by atoms with Gasteiger partial charge in [0, 0.05) is 47.4 Å². The molecule has 2 aromatic heterocycles. The molecule has 8 N–H and O–H groups in total. The van der Waals surface area contributed by atoms with E-state index in [1.54, 1.807) is 0 Å². The van der Waals surface area contributed by atoms with Crippen LogP contribution in [0.25, 0.3) is 44.1 Å². The van der Waals surface area contributed by atoms with Crippen LogP contribution in [-0.2, 0) is 35.5 Å². The maximum Gasteiger partial charge on any atom is 0.251 e. The first-order valence-corrected chi connectivity index (χ1v) is 21.8. The standard InChI is InChI=1S/C52H54N8O4/c53-25-3-1-5-39-23-27-55-47-29-43(19-21-45(39)47)37-11-7-35(8-12-37)31-57-49(61)33-59-51(63)41-15-17-42(18-16-41)52(64)60-34-50(62)58-32-36-9-13-38(14-10-36)44-20-22-46-40(6-2-4-26-54)24-28-56-48(46)30-44/h7-24,27-30H,1-6,25-26,31-34,53-54H2,(H,57,61)(H,58,62)(H,59,63)(H,60,64). The van der Waals surface area contributed by atoms with Crippen molar-refractivity contribution in [2.45, 2.75) is 51.6 Å². The molecule has 0 unspecified atom stereocenters. The monoisotopic (exact) mass is 854 g/mol. The first-order valence-electron chi connectivity index (χ1n) is 21.8. The summed E-state index contributed by atoms with van der Waals surface area (Å²) < 4.78 is 0. The van der Waals surface area contributed by atoms with E-state index in [2.05, 4.69) is 79.8 Å². The lowest BCUT2D eigenvalue weighted by atomic mass is 9.99. The first kappa shape index (κ1) is 44.8. The van der Waals surface area contributed by atoms with Crippen LogP contribution in [0.1, 0.15) is 68.7 Å². The van der Waals surface area contributed by atoms with Gasteiger partial charge >= 0.3 is 0 Å². The largest absolute Gasteiger partial charge is 0.350 e. The first-order chi connectivity index (χ1) is 31.3. The Kier molecular flexibility index (Phi) is 15.5. The van der Waals surface area contributed by atoms with E-state index in [1.165, 1.54) is 35.4 Å². The molecule has 12 nitrogen and oxygen atoms in total. The lowest BCUT2D eigenvalue weighted by Gasteiger charge is -2.10. The van der Waals surface area contributed by atoms with Gasteiger partial charge in [0.1, 0.15) is 0 Å². The van der Waals surface area contributed by atoms with Gasteiger partial charge in [-0.25, -0.2) is 0 Å². The van der Waals surface area contributed by atoms with Gasteiger partial charge in [0.2, 0.25) is 11.8 Å². The van der Waals surface area contributed by atoms with Crippen LogP contribution in [0.15, 0.2) is 134 Å². The average Bonchev–Trinajstić information content (AvgIpc) is 3.34. The number of nitrogens with zero attached hydrogens (tertiary/aromatic N) is 2. The van der Waals surface area contributed by atoms with Gasteiger partial charge in [-0.15, -0.1) is 0 Å². The quantitative estimate of drug-likeness (QED) is 0.0452. The Balaban J connectivity index is 0.803. The molecule has 2 heterocycles. The Bertz CT molecular complexity index is 2530. The van der Waals surface area contributed by atoms with Gasteiger partial charge in [-0.05, 0) is 145 Å². The number of fused-ring (bicyclic) bond motifs is 2. The summed E-state index contributed by atoms with van der Waals surface area (Å²) in [6.45, 7) is 1.57. The Hall–Kier alpha value is -7.28. The zero-order valence-electron chi connectivity index (χ0n) is 35.9. The van der Waals surface area contributed by atoms with E-state index < -0.39 is 11.8 Å². The predicted molar refractivity (Wildman–Crippen MR) is 253 cm³/mol. The van der Waals surface area contributed by atoms with E-state index in [1.807, 2.05) is 60.9 Å². The number of benzene rings is 5. The van der Waals surface area contributed by atoms with Crippen molar-refractivity contribution in [3.05, 3.63) is 167 Å². The molecule has 0 aliphatic carbocycles. The van der Waals surface area contributed by atoms with Crippen molar-refractivity contribution in [2.75, 3.05) is 26.2 Å². The summed E-state index contributed by atoms with van der Waals surface area (Å²) in [5.74, 6) is -1.59. The molecule has 326 valence electrons. The number of aryl methyl sites for hydroxylation is 2. The molecule has 7 aromatic rings. The number of carbonyl (C=O) groups is 4. The summed E-state index contributed by atoms with van der Waals surface area (Å²) in [6, 6.07) is 38.7. The molecule has 12 heteroatoms. The molecule has 64 heavy (non-hydrogen) atoms.